The molecule has 0 saturated carbocycles. The van der Waals surface area contributed by atoms with Crippen LogP contribution in [0.2, 0.25) is 0 Å². The monoisotopic (exact) mass is 247 g/mol. The van der Waals surface area contributed by atoms with Crippen molar-refractivity contribution in [1.29, 1.82) is 0 Å². The zero-order valence-corrected chi connectivity index (χ0v) is 11.4. The SMILES string of the molecule is Cc1cc2c(cc1N)N(C(=O)CN(C)C)CCC2. The highest BCUT2D eigenvalue weighted by Gasteiger charge is 2.23. The first-order valence-corrected chi connectivity index (χ1v) is 6.33. The van der Waals surface area contributed by atoms with Crippen LogP contribution in [0.25, 0.3) is 0 Å². The molecule has 1 amide bonds. The summed E-state index contributed by atoms with van der Waals surface area (Å²) >= 11 is 0. The Hall–Kier alpha value is -1.55. The maximum Gasteiger partial charge on any atom is 0.241 e. The van der Waals surface area contributed by atoms with Gasteiger partial charge in [0.25, 0.3) is 0 Å². The smallest absolute Gasteiger partial charge is 0.241 e. The van der Waals surface area contributed by atoms with Gasteiger partial charge in [-0.15, -0.1) is 0 Å². The summed E-state index contributed by atoms with van der Waals surface area (Å²) < 4.78 is 0. The number of hydrogen-bond acceptors (Lipinski definition) is 3. The number of rotatable bonds is 2. The van der Waals surface area contributed by atoms with E-state index in [0.29, 0.717) is 6.54 Å². The lowest BCUT2D eigenvalue weighted by atomic mass is 9.98. The second kappa shape index (κ2) is 4.98. The topological polar surface area (TPSA) is 49.6 Å². The molecule has 4 nitrogen and oxygen atoms in total. The van der Waals surface area contributed by atoms with E-state index in [4.69, 9.17) is 5.73 Å². The minimum atomic E-state index is 0.143. The lowest BCUT2D eigenvalue weighted by Gasteiger charge is -2.31. The van der Waals surface area contributed by atoms with E-state index >= 15 is 0 Å². The van der Waals surface area contributed by atoms with Crippen LogP contribution in [0.5, 0.6) is 0 Å². The predicted octanol–water partition coefficient (Wildman–Crippen LogP) is 1.42. The number of nitrogen functional groups attached to an aromatic ring is 1. The van der Waals surface area contributed by atoms with Crippen LogP contribution in [0.1, 0.15) is 17.5 Å². The van der Waals surface area contributed by atoms with Crippen LogP contribution < -0.4 is 10.6 Å². The fourth-order valence-electron chi connectivity index (χ4n) is 2.39. The highest BCUT2D eigenvalue weighted by molar-refractivity contribution is 5.96. The van der Waals surface area contributed by atoms with E-state index < -0.39 is 0 Å². The van der Waals surface area contributed by atoms with Crippen molar-refractivity contribution < 1.29 is 4.79 Å². The molecular weight excluding hydrogens is 226 g/mol. The lowest BCUT2D eigenvalue weighted by molar-refractivity contribution is -0.119. The molecule has 18 heavy (non-hydrogen) atoms. The van der Waals surface area contributed by atoms with Gasteiger partial charge in [0.15, 0.2) is 0 Å². The maximum atomic E-state index is 12.2. The summed E-state index contributed by atoms with van der Waals surface area (Å²) in [7, 11) is 3.82. The van der Waals surface area contributed by atoms with Gasteiger partial charge in [-0.05, 0) is 51.1 Å². The highest BCUT2D eigenvalue weighted by Crippen LogP contribution is 2.31. The zero-order valence-electron chi connectivity index (χ0n) is 11.4. The Kier molecular flexibility index (Phi) is 3.57. The van der Waals surface area contributed by atoms with Gasteiger partial charge in [-0.3, -0.25) is 4.79 Å². The van der Waals surface area contributed by atoms with Gasteiger partial charge in [-0.1, -0.05) is 6.07 Å². The first-order chi connectivity index (χ1) is 8.49. The van der Waals surface area contributed by atoms with E-state index in [1.54, 1.807) is 0 Å². The van der Waals surface area contributed by atoms with Crippen LogP contribution in [0, 0.1) is 6.92 Å². The van der Waals surface area contributed by atoms with Crippen LogP contribution in [-0.4, -0.2) is 38.0 Å². The molecule has 0 atom stereocenters. The number of anilines is 2. The molecule has 0 bridgehead atoms. The van der Waals surface area contributed by atoms with Crippen LogP contribution in [0.15, 0.2) is 12.1 Å². The molecule has 0 aromatic heterocycles. The Morgan fingerprint density at radius 3 is 2.83 bits per heavy atom. The van der Waals surface area contributed by atoms with Crippen LogP contribution >= 0.6 is 0 Å². The van der Waals surface area contributed by atoms with Crippen LogP contribution in [0.3, 0.4) is 0 Å². The third-order valence-corrected chi connectivity index (χ3v) is 3.34. The Balaban J connectivity index is 2.33. The molecule has 0 fully saturated rings. The summed E-state index contributed by atoms with van der Waals surface area (Å²) in [5.74, 6) is 0.143. The molecule has 2 rings (SSSR count). The van der Waals surface area contributed by atoms with Gasteiger partial charge < -0.3 is 15.5 Å². The first-order valence-electron chi connectivity index (χ1n) is 6.33. The molecule has 0 radical (unpaired) electrons. The summed E-state index contributed by atoms with van der Waals surface area (Å²) in [5.41, 5.74) is 10.0. The quantitative estimate of drug-likeness (QED) is 0.804. The molecule has 98 valence electrons. The molecule has 0 aliphatic carbocycles. The third-order valence-electron chi connectivity index (χ3n) is 3.34. The predicted molar refractivity (Wildman–Crippen MR) is 74.8 cm³/mol. The Bertz CT molecular complexity index is 468. The van der Waals surface area contributed by atoms with Gasteiger partial charge in [-0.2, -0.15) is 0 Å². The van der Waals surface area contributed by atoms with E-state index in [1.165, 1.54) is 5.56 Å². The van der Waals surface area contributed by atoms with Crippen molar-refractivity contribution in [2.45, 2.75) is 19.8 Å². The normalized spacial score (nSPS) is 14.8. The fraction of sp³-hybridized carbons (Fsp3) is 0.500. The summed E-state index contributed by atoms with van der Waals surface area (Å²) in [5, 5.41) is 0. The molecule has 0 unspecified atom stereocenters. The van der Waals surface area contributed by atoms with Crippen molar-refractivity contribution in [2.75, 3.05) is 37.8 Å². The number of carbonyl (C=O) groups is 1. The number of likely N-dealkylation sites (N-methyl/N-ethyl adjacent to an activating group) is 1. The number of nitrogens with zero attached hydrogens (tertiary/aromatic N) is 2. The number of fused-ring (bicyclic) bond motifs is 1. The molecule has 1 aliphatic rings. The minimum absolute atomic E-state index is 0.143. The van der Waals surface area contributed by atoms with Crippen molar-refractivity contribution in [3.05, 3.63) is 23.3 Å². The Morgan fingerprint density at radius 2 is 2.17 bits per heavy atom. The molecule has 0 spiro atoms. The molecule has 1 aliphatic heterocycles. The standard InChI is InChI=1S/C14H21N3O/c1-10-7-11-5-4-6-17(13(11)8-12(10)15)14(18)9-16(2)3/h7-8H,4-6,9,15H2,1-3H3. The molecule has 1 heterocycles. The van der Waals surface area contributed by atoms with Crippen molar-refractivity contribution in [1.82, 2.24) is 4.90 Å². The van der Waals surface area contributed by atoms with Gasteiger partial charge in [0.05, 0.1) is 6.54 Å². The van der Waals surface area contributed by atoms with Gasteiger partial charge in [0.1, 0.15) is 0 Å². The highest BCUT2D eigenvalue weighted by atomic mass is 16.2. The number of amides is 1. The second-order valence-corrected chi connectivity index (χ2v) is 5.22. The minimum Gasteiger partial charge on any atom is -0.398 e. The second-order valence-electron chi connectivity index (χ2n) is 5.22. The van der Waals surface area contributed by atoms with Gasteiger partial charge in [-0.25, -0.2) is 0 Å². The molecule has 1 aromatic carbocycles. The average molecular weight is 247 g/mol. The summed E-state index contributed by atoms with van der Waals surface area (Å²) in [6.07, 6.45) is 2.05. The molecule has 4 heteroatoms. The maximum absolute atomic E-state index is 12.2. The number of hydrogen-bond donors (Lipinski definition) is 1. The summed E-state index contributed by atoms with van der Waals surface area (Å²) in [6.45, 7) is 3.24. The number of aryl methyl sites for hydroxylation is 2. The van der Waals surface area contributed by atoms with Crippen molar-refractivity contribution in [3.8, 4) is 0 Å². The van der Waals surface area contributed by atoms with Crippen LogP contribution in [0.4, 0.5) is 11.4 Å². The third kappa shape index (κ3) is 2.48. The Morgan fingerprint density at radius 1 is 1.44 bits per heavy atom. The first kappa shape index (κ1) is 12.9. The van der Waals surface area contributed by atoms with Crippen molar-refractivity contribution in [2.24, 2.45) is 0 Å². The molecule has 1 aromatic rings. The molecule has 0 saturated heterocycles. The molecule has 2 N–H and O–H groups in total. The van der Waals surface area contributed by atoms with Gasteiger partial charge in [0.2, 0.25) is 5.91 Å². The van der Waals surface area contributed by atoms with Crippen LogP contribution in [-0.2, 0) is 11.2 Å². The number of carbonyl (C=O) groups excluding carboxylic acids is 1. The number of nitrogens with two attached hydrogens (primary N) is 1. The molecular formula is C14H21N3O. The van der Waals surface area contributed by atoms with Gasteiger partial charge >= 0.3 is 0 Å². The van der Waals surface area contributed by atoms with E-state index in [0.717, 1.165) is 36.3 Å². The number of benzene rings is 1. The summed E-state index contributed by atoms with van der Waals surface area (Å²) in [4.78, 5) is 16.0. The van der Waals surface area contributed by atoms with Crippen molar-refractivity contribution in [3.63, 3.8) is 0 Å². The average Bonchev–Trinajstić information content (AvgIpc) is 2.29. The fourth-order valence-corrected chi connectivity index (χ4v) is 2.39. The van der Waals surface area contributed by atoms with E-state index in [1.807, 2.05) is 36.9 Å². The van der Waals surface area contributed by atoms with Gasteiger partial charge in [0, 0.05) is 17.9 Å². The zero-order chi connectivity index (χ0) is 13.3. The lowest BCUT2D eigenvalue weighted by Crippen LogP contribution is -2.40. The van der Waals surface area contributed by atoms with E-state index in [9.17, 15) is 4.79 Å². The van der Waals surface area contributed by atoms with E-state index in [2.05, 4.69) is 6.07 Å². The van der Waals surface area contributed by atoms with E-state index in [-0.39, 0.29) is 5.91 Å². The summed E-state index contributed by atoms with van der Waals surface area (Å²) in [6, 6.07) is 4.05. The largest absolute Gasteiger partial charge is 0.398 e. The Labute approximate surface area is 108 Å². The van der Waals surface area contributed by atoms with Crippen molar-refractivity contribution >= 4 is 17.3 Å².